The van der Waals surface area contributed by atoms with Gasteiger partial charge in [0.15, 0.2) is 0 Å². The first-order valence-electron chi connectivity index (χ1n) is 7.12. The lowest BCUT2D eigenvalue weighted by atomic mass is 10.0. The van der Waals surface area contributed by atoms with Crippen LogP contribution in [0.15, 0.2) is 42.5 Å². The van der Waals surface area contributed by atoms with E-state index in [1.807, 2.05) is 19.1 Å². The summed E-state index contributed by atoms with van der Waals surface area (Å²) in [6.45, 7) is 2.04. The Bertz CT molecular complexity index is 791. The third kappa shape index (κ3) is 2.87. The Morgan fingerprint density at radius 3 is 2.70 bits per heavy atom. The van der Waals surface area contributed by atoms with E-state index in [0.29, 0.717) is 10.7 Å². The van der Waals surface area contributed by atoms with Crippen molar-refractivity contribution in [3.63, 3.8) is 0 Å². The Morgan fingerprint density at radius 1 is 1.26 bits per heavy atom. The van der Waals surface area contributed by atoms with Crippen LogP contribution in [-0.2, 0) is 11.3 Å². The van der Waals surface area contributed by atoms with Crippen molar-refractivity contribution in [2.24, 2.45) is 0 Å². The number of amides is 2. The number of nitrogens with one attached hydrogen (secondary N) is 1. The molecule has 5 nitrogen and oxygen atoms in total. The predicted octanol–water partition coefficient (Wildman–Crippen LogP) is 3.82. The molecule has 2 aromatic rings. The molecular weight excluding hydrogens is 316 g/mol. The topological polar surface area (TPSA) is 69.6 Å². The number of anilines is 1. The molecule has 0 saturated heterocycles. The first-order valence-corrected chi connectivity index (χ1v) is 7.49. The fourth-order valence-corrected chi connectivity index (χ4v) is 3.04. The van der Waals surface area contributed by atoms with E-state index in [1.165, 1.54) is 0 Å². The number of carbonyl (C=O) groups is 2. The third-order valence-electron chi connectivity index (χ3n) is 3.94. The molecule has 6 heteroatoms. The number of fused-ring (bicyclic) bond motifs is 1. The van der Waals surface area contributed by atoms with Crippen LogP contribution in [0.3, 0.4) is 0 Å². The maximum Gasteiger partial charge on any atom is 0.408 e. The van der Waals surface area contributed by atoms with Gasteiger partial charge in [0.25, 0.3) is 5.91 Å². The molecule has 1 aliphatic rings. The average Bonchev–Trinajstić information content (AvgIpc) is 2.90. The van der Waals surface area contributed by atoms with E-state index >= 15 is 0 Å². The van der Waals surface area contributed by atoms with Gasteiger partial charge in [-0.1, -0.05) is 35.9 Å². The summed E-state index contributed by atoms with van der Waals surface area (Å²) in [6.07, 6.45) is -1.12. The van der Waals surface area contributed by atoms with E-state index < -0.39 is 12.1 Å². The van der Waals surface area contributed by atoms with Gasteiger partial charge in [0, 0.05) is 10.7 Å². The van der Waals surface area contributed by atoms with Crippen molar-refractivity contribution in [3.05, 3.63) is 64.2 Å². The lowest BCUT2D eigenvalue weighted by molar-refractivity contribution is -0.120. The Morgan fingerprint density at radius 2 is 2.00 bits per heavy atom. The SMILES string of the molecule is Cc1cc(Cl)ccc1NC(=O)C1c2ccccc2CN1C(=O)O. The second kappa shape index (κ2) is 5.93. The van der Waals surface area contributed by atoms with Crippen molar-refractivity contribution in [2.75, 3.05) is 5.32 Å². The van der Waals surface area contributed by atoms with Crippen LogP contribution in [0.1, 0.15) is 22.7 Å². The highest BCUT2D eigenvalue weighted by molar-refractivity contribution is 6.30. The van der Waals surface area contributed by atoms with E-state index in [4.69, 9.17) is 11.6 Å². The van der Waals surface area contributed by atoms with Crippen molar-refractivity contribution in [1.82, 2.24) is 4.90 Å². The number of rotatable bonds is 2. The first kappa shape index (κ1) is 15.4. The average molecular weight is 331 g/mol. The molecule has 0 fully saturated rings. The largest absolute Gasteiger partial charge is 0.465 e. The number of hydrogen-bond acceptors (Lipinski definition) is 2. The van der Waals surface area contributed by atoms with Crippen LogP contribution < -0.4 is 5.32 Å². The van der Waals surface area contributed by atoms with Crippen molar-refractivity contribution in [2.45, 2.75) is 19.5 Å². The minimum absolute atomic E-state index is 0.212. The van der Waals surface area contributed by atoms with Gasteiger partial charge < -0.3 is 10.4 Å². The lowest BCUT2D eigenvalue weighted by Crippen LogP contribution is -2.35. The molecule has 0 spiro atoms. The number of halogens is 1. The number of nitrogens with zero attached hydrogens (tertiary/aromatic N) is 1. The molecule has 0 radical (unpaired) electrons. The summed E-state index contributed by atoms with van der Waals surface area (Å²) in [5, 5.41) is 12.8. The number of carboxylic acid groups (broad SMARTS) is 1. The van der Waals surface area contributed by atoms with Gasteiger partial charge in [-0.2, -0.15) is 0 Å². The van der Waals surface area contributed by atoms with Crippen molar-refractivity contribution in [3.8, 4) is 0 Å². The van der Waals surface area contributed by atoms with Gasteiger partial charge in [-0.25, -0.2) is 4.79 Å². The maximum atomic E-state index is 12.7. The van der Waals surface area contributed by atoms with Crippen molar-refractivity contribution in [1.29, 1.82) is 0 Å². The quantitative estimate of drug-likeness (QED) is 0.879. The Kier molecular flexibility index (Phi) is 3.96. The molecule has 2 aromatic carbocycles. The molecule has 2 amide bonds. The maximum absolute atomic E-state index is 12.7. The monoisotopic (exact) mass is 330 g/mol. The van der Waals surface area contributed by atoms with Crippen LogP contribution >= 0.6 is 11.6 Å². The molecule has 0 aliphatic carbocycles. The van der Waals surface area contributed by atoms with Crippen LogP contribution in [0.4, 0.5) is 10.5 Å². The second-order valence-electron chi connectivity index (χ2n) is 5.46. The summed E-state index contributed by atoms with van der Waals surface area (Å²) >= 11 is 5.91. The van der Waals surface area contributed by atoms with E-state index in [0.717, 1.165) is 21.6 Å². The zero-order valence-corrected chi connectivity index (χ0v) is 13.2. The summed E-state index contributed by atoms with van der Waals surface area (Å²) in [7, 11) is 0. The lowest BCUT2D eigenvalue weighted by Gasteiger charge is -2.22. The van der Waals surface area contributed by atoms with Crippen molar-refractivity contribution < 1.29 is 14.7 Å². The molecule has 118 valence electrons. The Balaban J connectivity index is 1.91. The van der Waals surface area contributed by atoms with Crippen LogP contribution in [0, 0.1) is 6.92 Å². The van der Waals surface area contributed by atoms with Gasteiger partial charge in [0.1, 0.15) is 6.04 Å². The number of benzene rings is 2. The smallest absolute Gasteiger partial charge is 0.408 e. The van der Waals surface area contributed by atoms with Crippen LogP contribution in [-0.4, -0.2) is 22.0 Å². The van der Waals surface area contributed by atoms with E-state index in [9.17, 15) is 14.7 Å². The molecule has 0 aromatic heterocycles. The van der Waals surface area contributed by atoms with E-state index in [1.54, 1.807) is 30.3 Å². The molecule has 23 heavy (non-hydrogen) atoms. The molecule has 1 aliphatic heterocycles. The normalized spacial score (nSPS) is 16.1. The molecule has 1 heterocycles. The summed E-state index contributed by atoms with van der Waals surface area (Å²) in [6, 6.07) is 11.6. The Hall–Kier alpha value is -2.53. The van der Waals surface area contributed by atoms with Gasteiger partial charge >= 0.3 is 6.09 Å². The number of aryl methyl sites for hydroxylation is 1. The molecule has 2 N–H and O–H groups in total. The van der Waals surface area contributed by atoms with Crippen molar-refractivity contribution >= 4 is 29.3 Å². The molecule has 1 unspecified atom stereocenters. The van der Waals surface area contributed by atoms with Crippen LogP contribution in [0.5, 0.6) is 0 Å². The summed E-state index contributed by atoms with van der Waals surface area (Å²) in [5.74, 6) is -0.372. The highest BCUT2D eigenvalue weighted by atomic mass is 35.5. The van der Waals surface area contributed by atoms with Gasteiger partial charge in [0.05, 0.1) is 6.54 Å². The van der Waals surface area contributed by atoms with Crippen LogP contribution in [0.2, 0.25) is 5.02 Å². The highest BCUT2D eigenvalue weighted by Crippen LogP contribution is 2.34. The predicted molar refractivity (Wildman–Crippen MR) is 87.6 cm³/mol. The molecule has 3 rings (SSSR count). The van der Waals surface area contributed by atoms with Gasteiger partial charge in [-0.3, -0.25) is 9.69 Å². The molecule has 0 bridgehead atoms. The van der Waals surface area contributed by atoms with E-state index in [-0.39, 0.29) is 12.5 Å². The second-order valence-corrected chi connectivity index (χ2v) is 5.90. The zero-order chi connectivity index (χ0) is 16.6. The van der Waals surface area contributed by atoms with Gasteiger partial charge in [-0.15, -0.1) is 0 Å². The van der Waals surface area contributed by atoms with Gasteiger partial charge in [0.2, 0.25) is 0 Å². The van der Waals surface area contributed by atoms with Crippen LogP contribution in [0.25, 0.3) is 0 Å². The fourth-order valence-electron chi connectivity index (χ4n) is 2.82. The van der Waals surface area contributed by atoms with Gasteiger partial charge in [-0.05, 0) is 41.8 Å². The summed E-state index contributed by atoms with van der Waals surface area (Å²) in [4.78, 5) is 25.3. The minimum atomic E-state index is -1.12. The standard InChI is InChI=1S/C17H15ClN2O3/c1-10-8-12(18)6-7-14(10)19-16(21)15-13-5-3-2-4-11(13)9-20(15)17(22)23/h2-8,15H,9H2,1H3,(H,19,21)(H,22,23). The number of carbonyl (C=O) groups excluding carboxylic acids is 1. The first-order chi connectivity index (χ1) is 11.0. The third-order valence-corrected chi connectivity index (χ3v) is 4.18. The van der Waals surface area contributed by atoms with E-state index in [2.05, 4.69) is 5.32 Å². The molecule has 1 atom stereocenters. The number of hydrogen-bond donors (Lipinski definition) is 2. The summed E-state index contributed by atoms with van der Waals surface area (Å²) in [5.41, 5.74) is 3.01. The zero-order valence-electron chi connectivity index (χ0n) is 12.4. The molecular formula is C17H15ClN2O3. The molecule has 0 saturated carbocycles. The summed E-state index contributed by atoms with van der Waals surface area (Å²) < 4.78 is 0. The minimum Gasteiger partial charge on any atom is -0.465 e. The fraction of sp³-hybridized carbons (Fsp3) is 0.176. The Labute approximate surface area is 138 Å². The highest BCUT2D eigenvalue weighted by Gasteiger charge is 2.38.